The molecule has 1 heterocycles. The zero-order valence-electron chi connectivity index (χ0n) is 14.7. The van der Waals surface area contributed by atoms with Crippen LogP contribution in [-0.4, -0.2) is 57.8 Å². The maximum atomic E-state index is 11.0. The fourth-order valence-electron chi connectivity index (χ4n) is 2.78. The van der Waals surface area contributed by atoms with E-state index in [0.717, 1.165) is 32.0 Å². The topological polar surface area (TPSA) is 97.0 Å². The van der Waals surface area contributed by atoms with Crippen molar-refractivity contribution in [3.63, 3.8) is 0 Å². The van der Waals surface area contributed by atoms with Crippen molar-refractivity contribution in [1.29, 1.82) is 0 Å². The molecular weight excluding hydrogens is 340 g/mol. The molecule has 7 nitrogen and oxygen atoms in total. The van der Waals surface area contributed by atoms with Crippen LogP contribution in [0.5, 0.6) is 0 Å². The average Bonchev–Trinajstić information content (AvgIpc) is 3.03. The summed E-state index contributed by atoms with van der Waals surface area (Å²) in [5.41, 5.74) is 1.18. The largest absolute Gasteiger partial charge is 0.376 e. The van der Waals surface area contributed by atoms with Crippen LogP contribution in [0.3, 0.4) is 0 Å². The minimum Gasteiger partial charge on any atom is -0.376 e. The fraction of sp³-hybridized carbons (Fsp3) is 0.588. The van der Waals surface area contributed by atoms with E-state index in [-0.39, 0.29) is 12.3 Å². The Kier molecular flexibility index (Phi) is 7.67. The second-order valence-corrected chi connectivity index (χ2v) is 7.94. The van der Waals surface area contributed by atoms with Gasteiger partial charge in [-0.25, -0.2) is 13.6 Å². The van der Waals surface area contributed by atoms with E-state index in [1.807, 2.05) is 25.1 Å². The molecule has 0 aliphatic carbocycles. The Balaban J connectivity index is 1.78. The number of rotatable bonds is 8. The molecule has 0 amide bonds. The highest BCUT2D eigenvalue weighted by Crippen LogP contribution is 2.17. The second-order valence-electron chi connectivity index (χ2n) is 6.20. The van der Waals surface area contributed by atoms with Crippen LogP contribution in [0.2, 0.25) is 0 Å². The third kappa shape index (κ3) is 7.41. The number of hydrogen-bond acceptors (Lipinski definition) is 4. The zero-order valence-corrected chi connectivity index (χ0v) is 15.5. The van der Waals surface area contributed by atoms with Crippen molar-refractivity contribution in [3.05, 3.63) is 35.9 Å². The molecule has 1 aromatic rings. The first kappa shape index (κ1) is 19.7. The molecule has 2 rings (SSSR count). The normalized spacial score (nSPS) is 18.6. The summed E-state index contributed by atoms with van der Waals surface area (Å²) in [7, 11) is -3.48. The monoisotopic (exact) mass is 368 g/mol. The Morgan fingerprint density at radius 3 is 2.84 bits per heavy atom. The number of likely N-dealkylation sites (tertiary alicyclic amines) is 1. The Morgan fingerprint density at radius 2 is 2.16 bits per heavy atom. The number of sulfonamides is 1. The lowest BCUT2D eigenvalue weighted by atomic mass is 10.1. The molecule has 3 N–H and O–H groups in total. The van der Waals surface area contributed by atoms with E-state index < -0.39 is 10.0 Å². The number of guanidine groups is 1. The van der Waals surface area contributed by atoms with Gasteiger partial charge in [0.25, 0.3) is 0 Å². The highest BCUT2D eigenvalue weighted by Gasteiger charge is 2.25. The van der Waals surface area contributed by atoms with Gasteiger partial charge in [-0.1, -0.05) is 30.3 Å². The van der Waals surface area contributed by atoms with Gasteiger partial charge < -0.3 is 15.0 Å². The van der Waals surface area contributed by atoms with Gasteiger partial charge in [-0.15, -0.1) is 0 Å². The molecule has 25 heavy (non-hydrogen) atoms. The van der Waals surface area contributed by atoms with Gasteiger partial charge in [-0.3, -0.25) is 4.99 Å². The van der Waals surface area contributed by atoms with Crippen LogP contribution in [0.15, 0.2) is 35.3 Å². The Hall–Kier alpha value is -1.64. The van der Waals surface area contributed by atoms with Crippen molar-refractivity contribution in [1.82, 2.24) is 10.2 Å². The van der Waals surface area contributed by atoms with Gasteiger partial charge >= 0.3 is 0 Å². The highest BCUT2D eigenvalue weighted by molar-refractivity contribution is 7.89. The molecule has 0 bridgehead atoms. The van der Waals surface area contributed by atoms with Gasteiger partial charge in [0.2, 0.25) is 10.0 Å². The summed E-state index contributed by atoms with van der Waals surface area (Å²) in [6, 6.07) is 10.1. The molecule has 0 spiro atoms. The summed E-state index contributed by atoms with van der Waals surface area (Å²) >= 11 is 0. The Morgan fingerprint density at radius 1 is 1.40 bits per heavy atom. The summed E-state index contributed by atoms with van der Waals surface area (Å²) in [6.45, 7) is 5.98. The Labute approximate surface area is 150 Å². The first-order chi connectivity index (χ1) is 12.0. The number of nitrogens with zero attached hydrogens (tertiary/aromatic N) is 2. The average molecular weight is 369 g/mol. The lowest BCUT2D eigenvalue weighted by Crippen LogP contribution is -2.40. The minimum atomic E-state index is -3.48. The molecule has 1 fully saturated rings. The standard InChI is InChI=1S/C17H28N4O3S/c1-2-19-17(20-9-11-25(18,22)23)21-10-8-16(12-21)14-24-13-15-6-4-3-5-7-15/h3-7,16H,2,8-14H2,1H3,(H,19,20)(H2,18,22,23). The van der Waals surface area contributed by atoms with Crippen LogP contribution in [0, 0.1) is 5.92 Å². The van der Waals surface area contributed by atoms with E-state index in [9.17, 15) is 8.42 Å². The van der Waals surface area contributed by atoms with Crippen LogP contribution < -0.4 is 10.5 Å². The predicted molar refractivity (Wildman–Crippen MR) is 99.7 cm³/mol. The van der Waals surface area contributed by atoms with E-state index in [0.29, 0.717) is 19.1 Å². The van der Waals surface area contributed by atoms with E-state index in [1.54, 1.807) is 0 Å². The summed E-state index contributed by atoms with van der Waals surface area (Å²) in [6.07, 6.45) is 1.04. The number of ether oxygens (including phenoxy) is 1. The quantitative estimate of drug-likeness (QED) is 0.522. The number of primary sulfonamides is 1. The van der Waals surface area contributed by atoms with E-state index in [1.165, 1.54) is 5.56 Å². The van der Waals surface area contributed by atoms with Gasteiger partial charge in [-0.05, 0) is 18.9 Å². The van der Waals surface area contributed by atoms with Crippen molar-refractivity contribution >= 4 is 16.0 Å². The number of aliphatic imine (C=N–C) groups is 1. The zero-order chi connectivity index (χ0) is 18.1. The molecule has 1 aliphatic rings. The molecular formula is C17H28N4O3S. The number of benzene rings is 1. The smallest absolute Gasteiger partial charge is 0.210 e. The van der Waals surface area contributed by atoms with Crippen molar-refractivity contribution in [3.8, 4) is 0 Å². The molecule has 1 atom stereocenters. The molecule has 8 heteroatoms. The predicted octanol–water partition coefficient (Wildman–Crippen LogP) is 0.779. The van der Waals surface area contributed by atoms with Crippen LogP contribution in [-0.2, 0) is 21.4 Å². The number of nitrogens with one attached hydrogen (secondary N) is 1. The third-order valence-electron chi connectivity index (χ3n) is 4.02. The summed E-state index contributed by atoms with van der Waals surface area (Å²) in [4.78, 5) is 6.53. The fourth-order valence-corrected chi connectivity index (χ4v) is 3.13. The van der Waals surface area contributed by atoms with Crippen LogP contribution >= 0.6 is 0 Å². The van der Waals surface area contributed by atoms with Crippen LogP contribution in [0.25, 0.3) is 0 Å². The number of hydrogen-bond donors (Lipinski definition) is 2. The molecule has 1 saturated heterocycles. The van der Waals surface area contributed by atoms with Gasteiger partial charge in [0.05, 0.1) is 25.5 Å². The van der Waals surface area contributed by atoms with E-state index in [2.05, 4.69) is 27.3 Å². The van der Waals surface area contributed by atoms with Crippen LogP contribution in [0.4, 0.5) is 0 Å². The molecule has 0 radical (unpaired) electrons. The lowest BCUT2D eigenvalue weighted by molar-refractivity contribution is 0.0907. The van der Waals surface area contributed by atoms with E-state index in [4.69, 9.17) is 9.88 Å². The third-order valence-corrected chi connectivity index (χ3v) is 4.77. The minimum absolute atomic E-state index is 0.140. The van der Waals surface area contributed by atoms with E-state index >= 15 is 0 Å². The van der Waals surface area contributed by atoms with Crippen molar-refractivity contribution < 1.29 is 13.2 Å². The SMILES string of the molecule is CCNC(=NCCS(N)(=O)=O)N1CCC(COCc2ccccc2)C1. The molecule has 0 aromatic heterocycles. The van der Waals surface area contributed by atoms with Crippen molar-refractivity contribution in [2.75, 3.05) is 38.5 Å². The highest BCUT2D eigenvalue weighted by atomic mass is 32.2. The first-order valence-electron chi connectivity index (χ1n) is 8.63. The summed E-state index contributed by atoms with van der Waals surface area (Å²) in [5.74, 6) is 1.06. The molecule has 1 aliphatic heterocycles. The molecule has 1 unspecified atom stereocenters. The maximum Gasteiger partial charge on any atom is 0.210 e. The maximum absolute atomic E-state index is 11.0. The number of nitrogens with two attached hydrogens (primary N) is 1. The summed E-state index contributed by atoms with van der Waals surface area (Å²) in [5, 5.41) is 8.24. The van der Waals surface area contributed by atoms with Crippen molar-refractivity contribution in [2.45, 2.75) is 20.0 Å². The van der Waals surface area contributed by atoms with Gasteiger partial charge in [0, 0.05) is 25.6 Å². The second kappa shape index (κ2) is 9.74. The summed E-state index contributed by atoms with van der Waals surface area (Å²) < 4.78 is 27.9. The lowest BCUT2D eigenvalue weighted by Gasteiger charge is -2.21. The van der Waals surface area contributed by atoms with Gasteiger partial charge in [-0.2, -0.15) is 0 Å². The van der Waals surface area contributed by atoms with Crippen LogP contribution in [0.1, 0.15) is 18.9 Å². The molecule has 140 valence electrons. The molecule has 1 aromatic carbocycles. The Bertz CT molecular complexity index is 649. The van der Waals surface area contributed by atoms with Gasteiger partial charge in [0.1, 0.15) is 0 Å². The first-order valence-corrected chi connectivity index (χ1v) is 10.3. The van der Waals surface area contributed by atoms with Crippen molar-refractivity contribution in [2.24, 2.45) is 16.0 Å². The van der Waals surface area contributed by atoms with Gasteiger partial charge in [0.15, 0.2) is 5.96 Å². The molecule has 0 saturated carbocycles.